The molecule has 0 unspecified atom stereocenters. The summed E-state index contributed by atoms with van der Waals surface area (Å²) >= 11 is 0. The lowest BCUT2D eigenvalue weighted by molar-refractivity contribution is 0.0677. The third-order valence-corrected chi connectivity index (χ3v) is 4.53. The number of carbonyl (C=O) groups is 4. The van der Waals surface area contributed by atoms with Crippen LogP contribution in [0.5, 0.6) is 0 Å². The molecule has 0 fully saturated rings. The van der Waals surface area contributed by atoms with Gasteiger partial charge in [0.25, 0.3) is 11.8 Å². The first-order chi connectivity index (χ1) is 15.2. The summed E-state index contributed by atoms with van der Waals surface area (Å²) in [6.07, 6.45) is 0. The lowest BCUT2D eigenvalue weighted by Crippen LogP contribution is -2.22. The van der Waals surface area contributed by atoms with Crippen LogP contribution in [-0.2, 0) is 0 Å². The lowest BCUT2D eigenvalue weighted by atomic mass is 9.96. The smallest absolute Gasteiger partial charge is 0.336 e. The zero-order chi connectivity index (χ0) is 23.4. The summed E-state index contributed by atoms with van der Waals surface area (Å²) in [5, 5.41) is 24.1. The van der Waals surface area contributed by atoms with Crippen LogP contribution in [-0.4, -0.2) is 34.0 Å². The van der Waals surface area contributed by atoms with Crippen molar-refractivity contribution in [2.45, 2.75) is 0 Å². The van der Waals surface area contributed by atoms with Crippen LogP contribution in [0.2, 0.25) is 0 Å². The Morgan fingerprint density at radius 2 is 0.938 bits per heavy atom. The SMILES string of the molecule is Nc1ccccc1NC(=O)c1cc(C(=O)O)c(C(=O)Nc2ccccc2N)cc1C(=O)O. The summed E-state index contributed by atoms with van der Waals surface area (Å²) in [4.78, 5) is 49.1. The average molecular weight is 434 g/mol. The van der Waals surface area contributed by atoms with Crippen molar-refractivity contribution in [3.8, 4) is 0 Å². The molecule has 0 aliphatic rings. The number of nitrogen functional groups attached to an aromatic ring is 2. The number of carbonyl (C=O) groups excluding carboxylic acids is 2. The summed E-state index contributed by atoms with van der Waals surface area (Å²) in [5.74, 6) is -4.85. The van der Waals surface area contributed by atoms with Gasteiger partial charge < -0.3 is 32.3 Å². The minimum Gasteiger partial charge on any atom is -0.478 e. The Bertz CT molecular complexity index is 1160. The van der Waals surface area contributed by atoms with Gasteiger partial charge in [-0.3, -0.25) is 9.59 Å². The number of anilines is 4. The van der Waals surface area contributed by atoms with Crippen molar-refractivity contribution >= 4 is 46.5 Å². The fourth-order valence-corrected chi connectivity index (χ4v) is 2.93. The largest absolute Gasteiger partial charge is 0.478 e. The van der Waals surface area contributed by atoms with Crippen LogP contribution >= 0.6 is 0 Å². The van der Waals surface area contributed by atoms with Gasteiger partial charge in [-0.2, -0.15) is 0 Å². The van der Waals surface area contributed by atoms with Gasteiger partial charge in [0, 0.05) is 0 Å². The first kappa shape index (κ1) is 21.8. The molecule has 10 heteroatoms. The quantitative estimate of drug-likeness (QED) is 0.320. The molecule has 0 aromatic heterocycles. The van der Waals surface area contributed by atoms with Gasteiger partial charge in [-0.05, 0) is 36.4 Å². The van der Waals surface area contributed by atoms with Crippen LogP contribution in [0.4, 0.5) is 22.7 Å². The Labute approximate surface area is 181 Å². The number of carboxylic acids is 2. The fourth-order valence-electron chi connectivity index (χ4n) is 2.93. The van der Waals surface area contributed by atoms with Gasteiger partial charge in [0.1, 0.15) is 0 Å². The van der Waals surface area contributed by atoms with E-state index in [1.54, 1.807) is 24.3 Å². The number of hydrogen-bond donors (Lipinski definition) is 6. The van der Waals surface area contributed by atoms with Crippen molar-refractivity contribution in [1.29, 1.82) is 0 Å². The normalized spacial score (nSPS) is 10.2. The van der Waals surface area contributed by atoms with Gasteiger partial charge in [0.2, 0.25) is 0 Å². The number of aromatic carboxylic acids is 2. The highest BCUT2D eigenvalue weighted by molar-refractivity contribution is 6.17. The average Bonchev–Trinajstić information content (AvgIpc) is 2.75. The maximum atomic E-state index is 12.7. The molecule has 10 nitrogen and oxygen atoms in total. The summed E-state index contributed by atoms with van der Waals surface area (Å²) in [7, 11) is 0. The molecule has 0 spiro atoms. The standard InChI is InChI=1S/C22H18N4O6/c23-15-5-1-3-7-17(15)25-19(27)11-9-14(22(31)32)12(10-13(11)21(29)30)20(28)26-18-8-4-2-6-16(18)24/h1-10H,23-24H2,(H,25,27)(H,26,28)(H,29,30)(H,31,32). The van der Waals surface area contributed by atoms with Gasteiger partial charge in [0.05, 0.1) is 45.0 Å². The van der Waals surface area contributed by atoms with Crippen LogP contribution in [0.15, 0.2) is 60.7 Å². The van der Waals surface area contributed by atoms with E-state index in [0.29, 0.717) is 0 Å². The molecule has 0 aliphatic heterocycles. The Kier molecular flexibility index (Phi) is 6.06. The van der Waals surface area contributed by atoms with E-state index in [0.717, 1.165) is 12.1 Å². The highest BCUT2D eigenvalue weighted by Crippen LogP contribution is 2.24. The van der Waals surface area contributed by atoms with Crippen molar-refractivity contribution in [3.05, 3.63) is 82.9 Å². The molecule has 0 atom stereocenters. The van der Waals surface area contributed by atoms with Gasteiger partial charge in [-0.15, -0.1) is 0 Å². The van der Waals surface area contributed by atoms with Crippen LogP contribution in [0.1, 0.15) is 41.4 Å². The monoisotopic (exact) mass is 434 g/mol. The first-order valence-electron chi connectivity index (χ1n) is 9.15. The van der Waals surface area contributed by atoms with Crippen LogP contribution < -0.4 is 22.1 Å². The van der Waals surface area contributed by atoms with E-state index in [4.69, 9.17) is 11.5 Å². The van der Waals surface area contributed by atoms with Crippen LogP contribution in [0, 0.1) is 0 Å². The van der Waals surface area contributed by atoms with Gasteiger partial charge in [-0.1, -0.05) is 24.3 Å². The van der Waals surface area contributed by atoms with Gasteiger partial charge >= 0.3 is 11.9 Å². The van der Waals surface area contributed by atoms with E-state index in [9.17, 15) is 29.4 Å². The molecule has 2 amide bonds. The minimum atomic E-state index is -1.53. The fraction of sp³-hybridized carbons (Fsp3) is 0. The summed E-state index contributed by atoms with van der Waals surface area (Å²) in [5.41, 5.74) is 10.4. The second-order valence-corrected chi connectivity index (χ2v) is 6.64. The number of benzene rings is 3. The van der Waals surface area contributed by atoms with Crippen molar-refractivity contribution < 1.29 is 29.4 Å². The highest BCUT2D eigenvalue weighted by Gasteiger charge is 2.26. The molecule has 0 aliphatic carbocycles. The lowest BCUT2D eigenvalue weighted by Gasteiger charge is -2.14. The van der Waals surface area contributed by atoms with Crippen molar-refractivity contribution in [3.63, 3.8) is 0 Å². The topological polar surface area (TPSA) is 185 Å². The molecule has 0 radical (unpaired) electrons. The third kappa shape index (κ3) is 4.49. The van der Waals surface area contributed by atoms with E-state index < -0.39 is 46.0 Å². The summed E-state index contributed by atoms with van der Waals surface area (Å²) in [6, 6.07) is 14.2. The molecule has 3 aromatic carbocycles. The maximum absolute atomic E-state index is 12.7. The Morgan fingerprint density at radius 1 is 0.594 bits per heavy atom. The molecular formula is C22H18N4O6. The molecule has 3 aromatic rings. The molecule has 0 bridgehead atoms. The van der Waals surface area contributed by atoms with Crippen LogP contribution in [0.25, 0.3) is 0 Å². The van der Waals surface area contributed by atoms with E-state index >= 15 is 0 Å². The Morgan fingerprint density at radius 3 is 1.25 bits per heavy atom. The predicted octanol–water partition coefficient (Wildman–Crippen LogP) is 2.75. The zero-order valence-corrected chi connectivity index (χ0v) is 16.5. The van der Waals surface area contributed by atoms with E-state index in [-0.39, 0.29) is 22.7 Å². The summed E-state index contributed by atoms with van der Waals surface area (Å²) < 4.78 is 0. The molecule has 0 saturated heterocycles. The number of nitrogens with one attached hydrogen (secondary N) is 2. The number of rotatable bonds is 6. The van der Waals surface area contributed by atoms with Crippen molar-refractivity contribution in [2.75, 3.05) is 22.1 Å². The maximum Gasteiger partial charge on any atom is 0.336 e. The van der Waals surface area contributed by atoms with E-state index in [1.807, 2.05) is 0 Å². The zero-order valence-electron chi connectivity index (χ0n) is 16.5. The van der Waals surface area contributed by atoms with Crippen molar-refractivity contribution in [1.82, 2.24) is 0 Å². The van der Waals surface area contributed by atoms with E-state index in [2.05, 4.69) is 10.6 Å². The highest BCUT2D eigenvalue weighted by atomic mass is 16.4. The molecule has 8 N–H and O–H groups in total. The second kappa shape index (κ2) is 8.88. The number of amides is 2. The van der Waals surface area contributed by atoms with Gasteiger partial charge in [-0.25, -0.2) is 9.59 Å². The number of carboxylic acid groups (broad SMARTS) is 2. The molecule has 162 valence electrons. The molecule has 0 heterocycles. The molecular weight excluding hydrogens is 416 g/mol. The molecule has 0 saturated carbocycles. The Hall–Kier alpha value is -4.86. The minimum absolute atomic E-state index is 0.215. The van der Waals surface area contributed by atoms with Crippen LogP contribution in [0.3, 0.4) is 0 Å². The molecule has 32 heavy (non-hydrogen) atoms. The summed E-state index contributed by atoms with van der Waals surface area (Å²) in [6.45, 7) is 0. The number of hydrogen-bond acceptors (Lipinski definition) is 6. The van der Waals surface area contributed by atoms with Gasteiger partial charge in [0.15, 0.2) is 0 Å². The second-order valence-electron chi connectivity index (χ2n) is 6.64. The predicted molar refractivity (Wildman–Crippen MR) is 118 cm³/mol. The number of nitrogens with two attached hydrogens (primary N) is 2. The van der Waals surface area contributed by atoms with Crippen molar-refractivity contribution in [2.24, 2.45) is 0 Å². The third-order valence-electron chi connectivity index (χ3n) is 4.53. The number of para-hydroxylation sites is 4. The van der Waals surface area contributed by atoms with E-state index in [1.165, 1.54) is 24.3 Å². The molecule has 3 rings (SSSR count). The Balaban J connectivity index is 2.06. The first-order valence-corrected chi connectivity index (χ1v) is 9.15.